The van der Waals surface area contributed by atoms with E-state index in [4.69, 9.17) is 9.63 Å². The lowest BCUT2D eigenvalue weighted by Gasteiger charge is -2.13. The lowest BCUT2D eigenvalue weighted by molar-refractivity contribution is -0.137. The van der Waals surface area contributed by atoms with Gasteiger partial charge in [0, 0.05) is 23.2 Å². The lowest BCUT2D eigenvalue weighted by atomic mass is 10.0. The molecule has 0 radical (unpaired) electrons. The van der Waals surface area contributed by atoms with Gasteiger partial charge in [-0.3, -0.25) is 4.79 Å². The van der Waals surface area contributed by atoms with Gasteiger partial charge in [0.05, 0.1) is 6.42 Å². The van der Waals surface area contributed by atoms with Crippen molar-refractivity contribution in [3.8, 4) is 22.8 Å². The molecule has 6 nitrogen and oxygen atoms in total. The van der Waals surface area contributed by atoms with E-state index in [2.05, 4.69) is 41.4 Å². The Kier molecular flexibility index (Phi) is 5.95. The van der Waals surface area contributed by atoms with Gasteiger partial charge in [-0.1, -0.05) is 55.4 Å². The number of carboxylic acids is 1. The van der Waals surface area contributed by atoms with Crippen molar-refractivity contribution < 1.29 is 14.4 Å². The topological polar surface area (TPSA) is 88.2 Å². The van der Waals surface area contributed by atoms with E-state index in [0.717, 1.165) is 36.0 Å². The van der Waals surface area contributed by atoms with Crippen LogP contribution in [-0.2, 0) is 11.2 Å². The Morgan fingerprint density at radius 3 is 2.47 bits per heavy atom. The maximum Gasteiger partial charge on any atom is 0.304 e. The Labute approximate surface area is 176 Å². The smallest absolute Gasteiger partial charge is 0.304 e. The number of benzene rings is 2. The van der Waals surface area contributed by atoms with Crippen molar-refractivity contribution in [3.05, 3.63) is 59.7 Å². The first-order valence-corrected chi connectivity index (χ1v) is 10.5. The number of aromatic nitrogens is 2. The molecule has 1 aliphatic rings. The highest BCUT2D eigenvalue weighted by Crippen LogP contribution is 2.29. The molecule has 30 heavy (non-hydrogen) atoms. The van der Waals surface area contributed by atoms with Crippen molar-refractivity contribution in [1.29, 1.82) is 0 Å². The van der Waals surface area contributed by atoms with Crippen LogP contribution in [0.3, 0.4) is 0 Å². The molecule has 2 heterocycles. The molecule has 0 aliphatic carbocycles. The predicted molar refractivity (Wildman–Crippen MR) is 115 cm³/mol. The van der Waals surface area contributed by atoms with Crippen molar-refractivity contribution in [2.75, 3.05) is 0 Å². The summed E-state index contributed by atoms with van der Waals surface area (Å²) in [5, 5.41) is 16.5. The monoisotopic (exact) mass is 405 g/mol. The number of carboxylic acid groups (broad SMARTS) is 1. The van der Waals surface area contributed by atoms with E-state index in [1.807, 2.05) is 36.4 Å². The molecule has 0 amide bonds. The molecule has 4 rings (SSSR count). The summed E-state index contributed by atoms with van der Waals surface area (Å²) < 4.78 is 5.48. The number of aliphatic carboxylic acids is 1. The second-order valence-corrected chi connectivity index (χ2v) is 8.43. The highest BCUT2D eigenvalue weighted by Gasteiger charge is 2.26. The maximum absolute atomic E-state index is 10.9. The number of hydrogen-bond donors (Lipinski definition) is 2. The zero-order valence-corrected chi connectivity index (χ0v) is 17.3. The molecule has 0 saturated carbocycles. The Morgan fingerprint density at radius 2 is 1.80 bits per heavy atom. The third-order valence-electron chi connectivity index (χ3n) is 5.50. The minimum atomic E-state index is -0.758. The van der Waals surface area contributed by atoms with Crippen LogP contribution in [0.25, 0.3) is 22.8 Å². The average molecular weight is 405 g/mol. The van der Waals surface area contributed by atoms with Gasteiger partial charge in [0.1, 0.15) is 0 Å². The van der Waals surface area contributed by atoms with Crippen LogP contribution in [-0.4, -0.2) is 27.3 Å². The molecule has 1 saturated heterocycles. The molecule has 0 bridgehead atoms. The van der Waals surface area contributed by atoms with Crippen LogP contribution >= 0.6 is 0 Å². The molecule has 6 heteroatoms. The minimum absolute atomic E-state index is 0.0406. The van der Waals surface area contributed by atoms with E-state index < -0.39 is 5.97 Å². The summed E-state index contributed by atoms with van der Waals surface area (Å²) in [5.41, 5.74) is 4.26. The SMILES string of the molecule is CC(C)Cc1ccc(-c2nc(-c3ccc([C@@H]4CC[C@@H](CC(=O)O)N4)cc3)no2)cc1. The first kappa shape index (κ1) is 20.3. The number of hydrogen-bond acceptors (Lipinski definition) is 5. The summed E-state index contributed by atoms with van der Waals surface area (Å²) in [7, 11) is 0. The zero-order valence-electron chi connectivity index (χ0n) is 17.3. The van der Waals surface area contributed by atoms with Crippen LogP contribution < -0.4 is 5.32 Å². The average Bonchev–Trinajstić information content (AvgIpc) is 3.38. The van der Waals surface area contributed by atoms with Gasteiger partial charge in [-0.05, 0) is 48.4 Å². The molecule has 2 aromatic carbocycles. The first-order valence-electron chi connectivity index (χ1n) is 10.5. The van der Waals surface area contributed by atoms with Crippen LogP contribution in [0.1, 0.15) is 50.3 Å². The normalized spacial score (nSPS) is 18.8. The van der Waals surface area contributed by atoms with Gasteiger partial charge in [-0.15, -0.1) is 0 Å². The number of rotatable bonds is 7. The van der Waals surface area contributed by atoms with E-state index in [1.165, 1.54) is 5.56 Å². The van der Waals surface area contributed by atoms with Crippen LogP contribution in [0.5, 0.6) is 0 Å². The highest BCUT2D eigenvalue weighted by molar-refractivity contribution is 5.67. The Hall–Kier alpha value is -2.99. The molecule has 0 unspecified atom stereocenters. The summed E-state index contributed by atoms with van der Waals surface area (Å²) in [6.07, 6.45) is 3.03. The fraction of sp³-hybridized carbons (Fsp3) is 0.375. The fourth-order valence-corrected chi connectivity index (χ4v) is 4.03. The molecule has 2 N–H and O–H groups in total. The molecular formula is C24H27N3O3. The largest absolute Gasteiger partial charge is 0.481 e. The predicted octanol–water partition coefficient (Wildman–Crippen LogP) is 4.87. The van der Waals surface area contributed by atoms with Crippen molar-refractivity contribution in [2.24, 2.45) is 5.92 Å². The molecule has 3 aromatic rings. The van der Waals surface area contributed by atoms with Gasteiger partial charge in [0.2, 0.25) is 5.82 Å². The molecule has 1 aliphatic heterocycles. The Bertz CT molecular complexity index is 993. The minimum Gasteiger partial charge on any atom is -0.481 e. The van der Waals surface area contributed by atoms with E-state index in [0.29, 0.717) is 17.6 Å². The number of nitrogens with one attached hydrogen (secondary N) is 1. The van der Waals surface area contributed by atoms with Crippen LogP contribution in [0, 0.1) is 5.92 Å². The van der Waals surface area contributed by atoms with Crippen LogP contribution in [0.4, 0.5) is 0 Å². The quantitative estimate of drug-likeness (QED) is 0.583. The Balaban J connectivity index is 1.43. The van der Waals surface area contributed by atoms with E-state index >= 15 is 0 Å². The van der Waals surface area contributed by atoms with Crippen molar-refractivity contribution in [3.63, 3.8) is 0 Å². The molecule has 2 atom stereocenters. The van der Waals surface area contributed by atoms with Gasteiger partial charge in [0.15, 0.2) is 0 Å². The third-order valence-corrected chi connectivity index (χ3v) is 5.50. The molecule has 1 aromatic heterocycles. The third kappa shape index (κ3) is 4.76. The molecule has 0 spiro atoms. The number of nitrogens with zero attached hydrogens (tertiary/aromatic N) is 2. The molecular weight excluding hydrogens is 378 g/mol. The first-order chi connectivity index (χ1) is 14.5. The summed E-state index contributed by atoms with van der Waals surface area (Å²) in [6.45, 7) is 4.42. The Morgan fingerprint density at radius 1 is 1.10 bits per heavy atom. The van der Waals surface area contributed by atoms with E-state index in [-0.39, 0.29) is 18.5 Å². The van der Waals surface area contributed by atoms with Gasteiger partial charge in [-0.2, -0.15) is 4.98 Å². The summed E-state index contributed by atoms with van der Waals surface area (Å²) in [6, 6.07) is 16.6. The lowest BCUT2D eigenvalue weighted by Crippen LogP contribution is -2.26. The van der Waals surface area contributed by atoms with E-state index in [9.17, 15) is 4.79 Å². The molecule has 156 valence electrons. The number of carbonyl (C=O) groups is 1. The fourth-order valence-electron chi connectivity index (χ4n) is 4.03. The van der Waals surface area contributed by atoms with Gasteiger partial charge in [0.25, 0.3) is 5.89 Å². The summed E-state index contributed by atoms with van der Waals surface area (Å²) >= 11 is 0. The second kappa shape index (κ2) is 8.79. The zero-order chi connectivity index (χ0) is 21.1. The highest BCUT2D eigenvalue weighted by atomic mass is 16.5. The molecule has 1 fully saturated rings. The maximum atomic E-state index is 10.9. The van der Waals surface area contributed by atoms with Crippen LogP contribution in [0.2, 0.25) is 0 Å². The second-order valence-electron chi connectivity index (χ2n) is 8.43. The van der Waals surface area contributed by atoms with Gasteiger partial charge < -0.3 is 14.9 Å². The summed E-state index contributed by atoms with van der Waals surface area (Å²) in [5.74, 6) is 0.937. The van der Waals surface area contributed by atoms with Gasteiger partial charge in [-0.25, -0.2) is 0 Å². The van der Waals surface area contributed by atoms with E-state index in [1.54, 1.807) is 0 Å². The van der Waals surface area contributed by atoms with Gasteiger partial charge >= 0.3 is 5.97 Å². The van der Waals surface area contributed by atoms with Crippen molar-refractivity contribution in [1.82, 2.24) is 15.5 Å². The summed E-state index contributed by atoms with van der Waals surface area (Å²) in [4.78, 5) is 15.5. The van der Waals surface area contributed by atoms with Crippen LogP contribution in [0.15, 0.2) is 53.1 Å². The standard InChI is InChI=1S/C24H27N3O3/c1-15(2)13-16-3-5-19(6-4-16)24-26-23(27-30-24)18-9-7-17(8-10-18)21-12-11-20(25-21)14-22(28)29/h3-10,15,20-21,25H,11-14H2,1-2H3,(H,28,29)/t20-,21-/m0/s1. The van der Waals surface area contributed by atoms with Crippen molar-refractivity contribution in [2.45, 2.75) is 51.6 Å². The van der Waals surface area contributed by atoms with Crippen molar-refractivity contribution >= 4 is 5.97 Å².